The van der Waals surface area contributed by atoms with Gasteiger partial charge in [0.2, 0.25) is 0 Å². The average Bonchev–Trinajstić information content (AvgIpc) is 2.47. The van der Waals surface area contributed by atoms with E-state index in [0.717, 1.165) is 0 Å². The third-order valence-corrected chi connectivity index (χ3v) is 3.08. The molecule has 0 saturated carbocycles. The molecule has 0 aliphatic carbocycles. The van der Waals surface area contributed by atoms with Crippen molar-refractivity contribution in [2.45, 2.75) is 19.6 Å². The molecule has 0 spiro atoms. The Bertz CT molecular complexity index is 558. The van der Waals surface area contributed by atoms with E-state index in [1.54, 1.807) is 19.1 Å². The van der Waals surface area contributed by atoms with Gasteiger partial charge in [0.25, 0.3) is 5.09 Å². The molecule has 0 bridgehead atoms. The molecular formula is C13H15NO7. The second-order valence-corrected chi connectivity index (χ2v) is 4.35. The lowest BCUT2D eigenvalue weighted by Gasteiger charge is -2.24. The van der Waals surface area contributed by atoms with Gasteiger partial charge in [-0.25, -0.2) is 0 Å². The second-order valence-electron chi connectivity index (χ2n) is 4.35. The van der Waals surface area contributed by atoms with E-state index in [1.807, 2.05) is 0 Å². The maximum Gasteiger partial charge on any atom is 0.294 e. The molecule has 21 heavy (non-hydrogen) atoms. The highest BCUT2D eigenvalue weighted by atomic mass is 17.0. The number of nitrogens with zero attached hydrogens (tertiary/aromatic N) is 1. The fraction of sp³-hybridized carbons (Fsp3) is 0.462. The molecule has 1 aliphatic rings. The molecular weight excluding hydrogens is 282 g/mol. The SMILES string of the molecule is COc1ccc2c(c1OCCO[N+](=O)[O-])COC(C)C2=O. The highest BCUT2D eigenvalue weighted by molar-refractivity contribution is 6.02. The molecule has 0 aromatic heterocycles. The Morgan fingerprint density at radius 1 is 1.43 bits per heavy atom. The summed E-state index contributed by atoms with van der Waals surface area (Å²) in [7, 11) is 1.47. The Morgan fingerprint density at radius 3 is 2.86 bits per heavy atom. The van der Waals surface area contributed by atoms with E-state index < -0.39 is 11.2 Å². The molecule has 1 aliphatic heterocycles. The summed E-state index contributed by atoms with van der Waals surface area (Å²) in [4.78, 5) is 26.3. The Labute approximate surface area is 120 Å². The molecule has 0 amide bonds. The maximum absolute atomic E-state index is 12.1. The van der Waals surface area contributed by atoms with Crippen LogP contribution < -0.4 is 9.47 Å². The van der Waals surface area contributed by atoms with E-state index in [-0.39, 0.29) is 25.6 Å². The number of hydrogen-bond donors (Lipinski definition) is 0. The summed E-state index contributed by atoms with van der Waals surface area (Å²) in [6, 6.07) is 3.29. The van der Waals surface area contributed by atoms with Crippen LogP contribution in [-0.4, -0.2) is 37.3 Å². The molecule has 0 radical (unpaired) electrons. The van der Waals surface area contributed by atoms with Gasteiger partial charge in [0.1, 0.15) is 19.3 Å². The molecule has 8 heteroatoms. The Morgan fingerprint density at radius 2 is 2.19 bits per heavy atom. The quantitative estimate of drug-likeness (QED) is 0.444. The van der Waals surface area contributed by atoms with Gasteiger partial charge in [-0.1, -0.05) is 0 Å². The van der Waals surface area contributed by atoms with Crippen molar-refractivity contribution < 1.29 is 28.9 Å². The Kier molecular flexibility index (Phi) is 4.59. The van der Waals surface area contributed by atoms with Crippen molar-refractivity contribution in [3.8, 4) is 11.5 Å². The number of ketones is 1. The summed E-state index contributed by atoms with van der Waals surface area (Å²) >= 11 is 0. The van der Waals surface area contributed by atoms with E-state index in [9.17, 15) is 14.9 Å². The van der Waals surface area contributed by atoms with Gasteiger partial charge in [-0.3, -0.25) is 4.79 Å². The van der Waals surface area contributed by atoms with Crippen molar-refractivity contribution in [1.82, 2.24) is 0 Å². The first-order valence-electron chi connectivity index (χ1n) is 6.30. The van der Waals surface area contributed by atoms with Crippen molar-refractivity contribution in [2.75, 3.05) is 20.3 Å². The van der Waals surface area contributed by atoms with Gasteiger partial charge in [0.05, 0.1) is 13.7 Å². The van der Waals surface area contributed by atoms with Crippen LogP contribution in [0.5, 0.6) is 11.5 Å². The average molecular weight is 297 g/mol. The van der Waals surface area contributed by atoms with Gasteiger partial charge in [0.15, 0.2) is 17.3 Å². The first-order chi connectivity index (χ1) is 10.0. The largest absolute Gasteiger partial charge is 0.493 e. The van der Waals surface area contributed by atoms with Crippen LogP contribution >= 0.6 is 0 Å². The summed E-state index contributed by atoms with van der Waals surface area (Å²) in [6.07, 6.45) is -0.503. The van der Waals surface area contributed by atoms with Crippen LogP contribution in [0.25, 0.3) is 0 Å². The monoisotopic (exact) mass is 297 g/mol. The molecule has 0 saturated heterocycles. The first-order valence-corrected chi connectivity index (χ1v) is 6.30. The third-order valence-electron chi connectivity index (χ3n) is 3.08. The van der Waals surface area contributed by atoms with Gasteiger partial charge in [-0.2, -0.15) is 0 Å². The lowest BCUT2D eigenvalue weighted by Crippen LogP contribution is -2.28. The van der Waals surface area contributed by atoms with E-state index >= 15 is 0 Å². The van der Waals surface area contributed by atoms with Crippen molar-refractivity contribution in [2.24, 2.45) is 0 Å². The number of fused-ring (bicyclic) bond motifs is 1. The molecule has 2 rings (SSSR count). The van der Waals surface area contributed by atoms with Crippen LogP contribution in [0.15, 0.2) is 12.1 Å². The van der Waals surface area contributed by atoms with Crippen LogP contribution in [-0.2, 0) is 16.2 Å². The summed E-state index contributed by atoms with van der Waals surface area (Å²) < 4.78 is 16.0. The van der Waals surface area contributed by atoms with Crippen LogP contribution in [0.2, 0.25) is 0 Å². The predicted molar refractivity (Wildman–Crippen MR) is 70.0 cm³/mol. The minimum atomic E-state index is -0.893. The van der Waals surface area contributed by atoms with Crippen LogP contribution in [0.4, 0.5) is 0 Å². The minimum Gasteiger partial charge on any atom is -0.493 e. The van der Waals surface area contributed by atoms with Gasteiger partial charge >= 0.3 is 0 Å². The van der Waals surface area contributed by atoms with Gasteiger partial charge in [0, 0.05) is 11.1 Å². The number of carbonyl (C=O) groups is 1. The van der Waals surface area contributed by atoms with Crippen LogP contribution in [0, 0.1) is 10.1 Å². The smallest absolute Gasteiger partial charge is 0.294 e. The number of methoxy groups -OCH3 is 1. The van der Waals surface area contributed by atoms with E-state index in [0.29, 0.717) is 22.6 Å². The lowest BCUT2D eigenvalue weighted by atomic mass is 9.97. The number of hydrogen-bond acceptors (Lipinski definition) is 7. The molecule has 0 fully saturated rings. The number of benzene rings is 1. The fourth-order valence-electron chi connectivity index (χ4n) is 2.06. The zero-order chi connectivity index (χ0) is 15.4. The highest BCUT2D eigenvalue weighted by Gasteiger charge is 2.28. The number of carbonyl (C=O) groups excluding carboxylic acids is 1. The van der Waals surface area contributed by atoms with Crippen LogP contribution in [0.1, 0.15) is 22.8 Å². The molecule has 0 N–H and O–H groups in total. The fourth-order valence-corrected chi connectivity index (χ4v) is 2.06. The van der Waals surface area contributed by atoms with Gasteiger partial charge < -0.3 is 19.0 Å². The summed E-state index contributed by atoms with van der Waals surface area (Å²) in [5, 5.41) is 9.19. The zero-order valence-corrected chi connectivity index (χ0v) is 11.7. The highest BCUT2D eigenvalue weighted by Crippen LogP contribution is 2.37. The van der Waals surface area contributed by atoms with E-state index in [1.165, 1.54) is 7.11 Å². The van der Waals surface area contributed by atoms with Crippen molar-refractivity contribution in [3.05, 3.63) is 33.4 Å². The zero-order valence-electron chi connectivity index (χ0n) is 11.7. The van der Waals surface area contributed by atoms with Crippen molar-refractivity contribution in [1.29, 1.82) is 0 Å². The molecule has 114 valence electrons. The first kappa shape index (κ1) is 15.0. The normalized spacial score (nSPS) is 17.0. The Balaban J connectivity index is 2.22. The van der Waals surface area contributed by atoms with Gasteiger partial charge in [-0.05, 0) is 19.1 Å². The third kappa shape index (κ3) is 3.22. The maximum atomic E-state index is 12.1. The minimum absolute atomic E-state index is 0.0441. The van der Waals surface area contributed by atoms with Crippen molar-refractivity contribution in [3.63, 3.8) is 0 Å². The van der Waals surface area contributed by atoms with Crippen molar-refractivity contribution >= 4 is 5.78 Å². The Hall–Kier alpha value is -2.35. The van der Waals surface area contributed by atoms with E-state index in [4.69, 9.17) is 14.2 Å². The summed E-state index contributed by atoms with van der Waals surface area (Å²) in [5.74, 6) is 0.647. The predicted octanol–water partition coefficient (Wildman–Crippen LogP) is 1.38. The standard InChI is InChI=1S/C13H15NO7/c1-8-12(15)9-3-4-11(18-2)13(10(9)7-20-8)19-5-6-21-14(16)17/h3-4,8H,5-7H2,1-2H3. The molecule has 8 nitrogen and oxygen atoms in total. The molecule has 1 heterocycles. The lowest BCUT2D eigenvalue weighted by molar-refractivity contribution is -0.757. The molecule has 1 aromatic carbocycles. The van der Waals surface area contributed by atoms with Crippen LogP contribution in [0.3, 0.4) is 0 Å². The molecule has 1 unspecified atom stereocenters. The molecule has 1 aromatic rings. The topological polar surface area (TPSA) is 97.1 Å². The number of rotatable bonds is 6. The number of Topliss-reactive ketones (excluding diaryl/α,β-unsaturated/α-hetero) is 1. The second kappa shape index (κ2) is 6.40. The van der Waals surface area contributed by atoms with E-state index in [2.05, 4.69) is 4.84 Å². The summed E-state index contributed by atoms with van der Waals surface area (Å²) in [5.41, 5.74) is 1.10. The van der Waals surface area contributed by atoms with Gasteiger partial charge in [-0.15, -0.1) is 10.1 Å². The number of ether oxygens (including phenoxy) is 3. The molecule has 1 atom stereocenters. The summed E-state index contributed by atoms with van der Waals surface area (Å²) in [6.45, 7) is 1.63.